The van der Waals surface area contributed by atoms with Crippen molar-refractivity contribution >= 4 is 5.91 Å². The number of hydrogen-bond donors (Lipinski definition) is 0. The van der Waals surface area contributed by atoms with E-state index in [2.05, 4.69) is 10.2 Å². The third-order valence-electron chi connectivity index (χ3n) is 4.59. The van der Waals surface area contributed by atoms with Crippen LogP contribution in [-0.4, -0.2) is 44.0 Å². The fraction of sp³-hybridized carbons (Fsp3) is 0.316. The van der Waals surface area contributed by atoms with Crippen LogP contribution in [0.15, 0.2) is 42.7 Å². The lowest BCUT2D eigenvalue weighted by atomic mass is 10.2. The van der Waals surface area contributed by atoms with Crippen molar-refractivity contribution in [2.75, 3.05) is 13.7 Å². The summed E-state index contributed by atoms with van der Waals surface area (Å²) in [5.74, 6) is 0.696. The average Bonchev–Trinajstić information content (AvgIpc) is 3.22. The summed E-state index contributed by atoms with van der Waals surface area (Å²) in [7, 11) is 1.62. The molecule has 26 heavy (non-hydrogen) atoms. The highest BCUT2D eigenvalue weighted by molar-refractivity contribution is 5.93. The van der Waals surface area contributed by atoms with Gasteiger partial charge in [-0.3, -0.25) is 9.48 Å². The Morgan fingerprint density at radius 2 is 2.08 bits per heavy atom. The Morgan fingerprint density at radius 1 is 1.23 bits per heavy atom. The molecule has 7 heteroatoms. The molecule has 0 atom stereocenters. The fourth-order valence-electron chi connectivity index (χ4n) is 3.35. The molecule has 3 aromatic rings. The quantitative estimate of drug-likeness (QED) is 0.727. The molecular weight excluding hydrogens is 330 g/mol. The summed E-state index contributed by atoms with van der Waals surface area (Å²) in [5, 5.41) is 8.84. The van der Waals surface area contributed by atoms with Crippen LogP contribution < -0.4 is 4.74 Å². The molecular formula is C19H21N5O2. The van der Waals surface area contributed by atoms with Gasteiger partial charge in [-0.1, -0.05) is 12.1 Å². The Kier molecular flexibility index (Phi) is 4.20. The maximum Gasteiger partial charge on any atom is 0.257 e. The normalized spacial score (nSPS) is 14.0. The molecule has 0 N–H and O–H groups in total. The van der Waals surface area contributed by atoms with Crippen LogP contribution in [0.4, 0.5) is 0 Å². The van der Waals surface area contributed by atoms with E-state index in [0.717, 1.165) is 30.0 Å². The van der Waals surface area contributed by atoms with Crippen LogP contribution in [-0.2, 0) is 13.1 Å². The number of rotatable bonds is 3. The van der Waals surface area contributed by atoms with Gasteiger partial charge in [0.1, 0.15) is 11.4 Å². The van der Waals surface area contributed by atoms with Gasteiger partial charge in [0.15, 0.2) is 0 Å². The fourth-order valence-corrected chi connectivity index (χ4v) is 3.35. The highest BCUT2D eigenvalue weighted by Gasteiger charge is 2.22. The topological polar surface area (TPSA) is 65.2 Å². The van der Waals surface area contributed by atoms with Crippen LogP contribution in [0.1, 0.15) is 28.2 Å². The van der Waals surface area contributed by atoms with Crippen molar-refractivity contribution in [1.82, 2.24) is 24.5 Å². The standard InChI is InChI=1S/C19H21N5O2/c1-14-10-16-13-22(8-5-9-23(16)21-14)19(25)15-11-20-24(12-15)17-6-3-4-7-18(17)26-2/h3-4,6-7,10-12H,5,8-9,13H2,1-2H3. The van der Waals surface area contributed by atoms with Crippen LogP contribution in [0.25, 0.3) is 5.69 Å². The number of ether oxygens (including phenoxy) is 1. The third kappa shape index (κ3) is 2.96. The minimum Gasteiger partial charge on any atom is -0.494 e. The molecule has 0 spiro atoms. The lowest BCUT2D eigenvalue weighted by Gasteiger charge is -2.19. The molecule has 1 aliphatic heterocycles. The van der Waals surface area contributed by atoms with E-state index in [9.17, 15) is 4.79 Å². The largest absolute Gasteiger partial charge is 0.494 e. The van der Waals surface area contributed by atoms with Gasteiger partial charge < -0.3 is 9.64 Å². The lowest BCUT2D eigenvalue weighted by molar-refractivity contribution is 0.0745. The number of benzene rings is 1. The molecule has 2 aromatic heterocycles. The van der Waals surface area contributed by atoms with Crippen LogP contribution in [0.5, 0.6) is 5.75 Å². The van der Waals surface area contributed by atoms with Gasteiger partial charge in [0, 0.05) is 19.3 Å². The van der Waals surface area contributed by atoms with E-state index in [1.807, 2.05) is 46.8 Å². The van der Waals surface area contributed by atoms with E-state index in [-0.39, 0.29) is 5.91 Å². The van der Waals surface area contributed by atoms with Gasteiger partial charge in [-0.2, -0.15) is 10.2 Å². The van der Waals surface area contributed by atoms with Crippen LogP contribution in [0.3, 0.4) is 0 Å². The number of aryl methyl sites for hydroxylation is 2. The van der Waals surface area contributed by atoms with Gasteiger partial charge in [0.25, 0.3) is 5.91 Å². The molecule has 4 rings (SSSR count). The van der Waals surface area contributed by atoms with E-state index in [1.54, 1.807) is 24.2 Å². The molecule has 0 unspecified atom stereocenters. The molecule has 3 heterocycles. The molecule has 1 aromatic carbocycles. The average molecular weight is 351 g/mol. The zero-order valence-corrected chi connectivity index (χ0v) is 14.9. The number of methoxy groups -OCH3 is 1. The summed E-state index contributed by atoms with van der Waals surface area (Å²) in [6.07, 6.45) is 4.26. The Hall–Kier alpha value is -3.09. The Bertz CT molecular complexity index is 943. The Balaban J connectivity index is 1.58. The molecule has 134 valence electrons. The number of nitrogens with zero attached hydrogens (tertiary/aromatic N) is 5. The highest BCUT2D eigenvalue weighted by atomic mass is 16.5. The number of para-hydroxylation sites is 2. The van der Waals surface area contributed by atoms with Gasteiger partial charge in [0.05, 0.1) is 36.8 Å². The molecule has 0 bridgehead atoms. The van der Waals surface area contributed by atoms with E-state index < -0.39 is 0 Å². The van der Waals surface area contributed by atoms with E-state index >= 15 is 0 Å². The zero-order chi connectivity index (χ0) is 18.1. The number of amides is 1. The van der Waals surface area contributed by atoms with Gasteiger partial charge in [0.2, 0.25) is 0 Å². The predicted octanol–water partition coefficient (Wildman–Crippen LogP) is 2.43. The van der Waals surface area contributed by atoms with Crippen molar-refractivity contribution in [1.29, 1.82) is 0 Å². The Morgan fingerprint density at radius 3 is 2.92 bits per heavy atom. The first-order valence-electron chi connectivity index (χ1n) is 8.66. The molecule has 0 saturated carbocycles. The zero-order valence-electron chi connectivity index (χ0n) is 14.9. The monoisotopic (exact) mass is 351 g/mol. The molecule has 0 fully saturated rings. The third-order valence-corrected chi connectivity index (χ3v) is 4.59. The minimum atomic E-state index is -0.0153. The van der Waals surface area contributed by atoms with Crippen molar-refractivity contribution in [3.63, 3.8) is 0 Å². The van der Waals surface area contributed by atoms with E-state index in [4.69, 9.17) is 4.74 Å². The molecule has 7 nitrogen and oxygen atoms in total. The highest BCUT2D eigenvalue weighted by Crippen LogP contribution is 2.22. The number of carbonyl (C=O) groups excluding carboxylic acids is 1. The van der Waals surface area contributed by atoms with Gasteiger partial charge in [-0.15, -0.1) is 0 Å². The smallest absolute Gasteiger partial charge is 0.257 e. The molecule has 1 aliphatic rings. The maximum atomic E-state index is 13.0. The lowest BCUT2D eigenvalue weighted by Crippen LogP contribution is -2.30. The van der Waals surface area contributed by atoms with Crippen molar-refractivity contribution in [3.05, 3.63) is 59.7 Å². The van der Waals surface area contributed by atoms with E-state index in [1.165, 1.54) is 0 Å². The number of fused-ring (bicyclic) bond motifs is 1. The first kappa shape index (κ1) is 16.4. The summed E-state index contributed by atoms with van der Waals surface area (Å²) in [6.45, 7) is 4.10. The van der Waals surface area contributed by atoms with Crippen molar-refractivity contribution in [2.24, 2.45) is 0 Å². The Labute approximate surface area is 151 Å². The number of hydrogen-bond acceptors (Lipinski definition) is 4. The molecule has 0 aliphatic carbocycles. The number of aromatic nitrogens is 4. The summed E-state index contributed by atoms with van der Waals surface area (Å²) in [6, 6.07) is 9.65. The van der Waals surface area contributed by atoms with Crippen LogP contribution in [0.2, 0.25) is 0 Å². The van der Waals surface area contributed by atoms with Crippen molar-refractivity contribution in [3.8, 4) is 11.4 Å². The van der Waals surface area contributed by atoms with Gasteiger partial charge in [-0.25, -0.2) is 4.68 Å². The molecule has 0 radical (unpaired) electrons. The van der Waals surface area contributed by atoms with Crippen LogP contribution in [0, 0.1) is 6.92 Å². The minimum absolute atomic E-state index is 0.0153. The predicted molar refractivity (Wildman–Crippen MR) is 96.4 cm³/mol. The summed E-state index contributed by atoms with van der Waals surface area (Å²) < 4.78 is 9.06. The second-order valence-corrected chi connectivity index (χ2v) is 6.43. The van der Waals surface area contributed by atoms with Crippen LogP contribution >= 0.6 is 0 Å². The van der Waals surface area contributed by atoms with E-state index in [0.29, 0.717) is 24.4 Å². The molecule has 1 amide bonds. The summed E-state index contributed by atoms with van der Waals surface area (Å²) in [5.41, 5.74) is 3.43. The second kappa shape index (κ2) is 6.67. The van der Waals surface area contributed by atoms with Crippen molar-refractivity contribution < 1.29 is 9.53 Å². The van der Waals surface area contributed by atoms with Gasteiger partial charge in [-0.05, 0) is 31.5 Å². The second-order valence-electron chi connectivity index (χ2n) is 6.43. The number of carbonyl (C=O) groups is 1. The summed E-state index contributed by atoms with van der Waals surface area (Å²) in [4.78, 5) is 14.8. The van der Waals surface area contributed by atoms with Crippen molar-refractivity contribution in [2.45, 2.75) is 26.4 Å². The maximum absolute atomic E-state index is 13.0. The first-order chi connectivity index (χ1) is 12.7. The summed E-state index contributed by atoms with van der Waals surface area (Å²) >= 11 is 0. The molecule has 0 saturated heterocycles. The first-order valence-corrected chi connectivity index (χ1v) is 8.66. The SMILES string of the molecule is COc1ccccc1-n1cc(C(=O)N2CCCn3nc(C)cc3C2)cn1. The van der Waals surface area contributed by atoms with Gasteiger partial charge >= 0.3 is 0 Å².